The SMILES string of the molecule is CCCOc1ccc(Cc2nn3c(=O)c(=Cc4ccccc4Br)sc3nc2=O)cc1. The smallest absolute Gasteiger partial charge is 0.296 e. The summed E-state index contributed by atoms with van der Waals surface area (Å²) in [6.45, 7) is 2.71. The molecule has 4 rings (SSSR count). The summed E-state index contributed by atoms with van der Waals surface area (Å²) >= 11 is 4.63. The molecule has 0 bridgehead atoms. The topological polar surface area (TPSA) is 73.6 Å². The molecule has 0 N–H and O–H groups in total. The molecular weight excluding hydrogens is 466 g/mol. The Morgan fingerprint density at radius 2 is 1.90 bits per heavy atom. The first-order valence-electron chi connectivity index (χ1n) is 9.46. The van der Waals surface area contributed by atoms with E-state index in [0.717, 1.165) is 39.1 Å². The predicted octanol–water partition coefficient (Wildman–Crippen LogP) is 3.20. The summed E-state index contributed by atoms with van der Waals surface area (Å²) in [6, 6.07) is 15.1. The summed E-state index contributed by atoms with van der Waals surface area (Å²) < 4.78 is 8.14. The number of fused-ring (bicyclic) bond motifs is 1. The van der Waals surface area contributed by atoms with Gasteiger partial charge in [-0.3, -0.25) is 9.59 Å². The molecule has 0 radical (unpaired) electrons. The Labute approximate surface area is 184 Å². The first-order valence-corrected chi connectivity index (χ1v) is 11.1. The first-order chi connectivity index (χ1) is 14.5. The Morgan fingerprint density at radius 1 is 1.13 bits per heavy atom. The lowest BCUT2D eigenvalue weighted by molar-refractivity contribution is 0.317. The van der Waals surface area contributed by atoms with Crippen LogP contribution in [0.1, 0.15) is 30.2 Å². The van der Waals surface area contributed by atoms with Crippen molar-refractivity contribution in [2.45, 2.75) is 19.8 Å². The molecular formula is C22H18BrN3O3S. The molecule has 0 saturated carbocycles. The lowest BCUT2D eigenvalue weighted by Gasteiger charge is -2.05. The van der Waals surface area contributed by atoms with Gasteiger partial charge in [-0.1, -0.05) is 64.5 Å². The zero-order chi connectivity index (χ0) is 21.1. The summed E-state index contributed by atoms with van der Waals surface area (Å²) in [5, 5.41) is 4.30. The third-order valence-electron chi connectivity index (χ3n) is 4.41. The van der Waals surface area contributed by atoms with E-state index in [4.69, 9.17) is 4.74 Å². The molecule has 0 unspecified atom stereocenters. The van der Waals surface area contributed by atoms with Crippen molar-refractivity contribution in [3.8, 4) is 5.75 Å². The molecule has 152 valence electrons. The van der Waals surface area contributed by atoms with E-state index in [0.29, 0.717) is 17.6 Å². The van der Waals surface area contributed by atoms with Crippen molar-refractivity contribution >= 4 is 38.3 Å². The molecule has 30 heavy (non-hydrogen) atoms. The van der Waals surface area contributed by atoms with Gasteiger partial charge in [0.25, 0.3) is 11.1 Å². The summed E-state index contributed by atoms with van der Waals surface area (Å²) in [6.07, 6.45) is 3.00. The van der Waals surface area contributed by atoms with Crippen LogP contribution in [0.25, 0.3) is 11.0 Å². The maximum atomic E-state index is 12.8. The average molecular weight is 484 g/mol. The molecule has 8 heteroatoms. The van der Waals surface area contributed by atoms with Crippen molar-refractivity contribution in [3.63, 3.8) is 0 Å². The zero-order valence-corrected chi connectivity index (χ0v) is 18.6. The summed E-state index contributed by atoms with van der Waals surface area (Å²) in [4.78, 5) is 29.6. The molecule has 0 saturated heterocycles. The molecule has 0 amide bonds. The molecule has 0 fully saturated rings. The van der Waals surface area contributed by atoms with Crippen molar-refractivity contribution in [1.82, 2.24) is 14.6 Å². The minimum atomic E-state index is -0.421. The van der Waals surface area contributed by atoms with E-state index in [-0.39, 0.29) is 16.2 Å². The van der Waals surface area contributed by atoms with Gasteiger partial charge in [0.15, 0.2) is 0 Å². The van der Waals surface area contributed by atoms with Gasteiger partial charge in [-0.25, -0.2) is 0 Å². The standard InChI is InChI=1S/C22H18BrN3O3S/c1-2-11-29-16-9-7-14(8-10-16)12-18-20(27)24-22-26(25-18)21(28)19(30-22)13-15-5-3-4-6-17(15)23/h3-10,13H,2,11-12H2,1H3. The van der Waals surface area contributed by atoms with Crippen LogP contribution >= 0.6 is 27.3 Å². The number of thiazole rings is 1. The molecule has 2 aromatic heterocycles. The highest BCUT2D eigenvalue weighted by Gasteiger charge is 2.12. The Morgan fingerprint density at radius 3 is 2.63 bits per heavy atom. The number of aromatic nitrogens is 3. The Balaban J connectivity index is 1.68. The number of ether oxygens (including phenoxy) is 1. The number of nitrogens with zero attached hydrogens (tertiary/aromatic N) is 3. The van der Waals surface area contributed by atoms with Gasteiger partial charge in [0.1, 0.15) is 11.4 Å². The molecule has 0 aliphatic rings. The number of hydrogen-bond acceptors (Lipinski definition) is 6. The van der Waals surface area contributed by atoms with E-state index in [1.807, 2.05) is 55.5 Å². The van der Waals surface area contributed by atoms with Crippen molar-refractivity contribution < 1.29 is 4.74 Å². The van der Waals surface area contributed by atoms with Crippen molar-refractivity contribution in [3.05, 3.63) is 95.1 Å². The lowest BCUT2D eigenvalue weighted by Crippen LogP contribution is -2.28. The Kier molecular flexibility index (Phi) is 6.06. The molecule has 6 nitrogen and oxygen atoms in total. The Bertz CT molecular complexity index is 1360. The minimum Gasteiger partial charge on any atom is -0.494 e. The van der Waals surface area contributed by atoms with Gasteiger partial charge in [0, 0.05) is 10.9 Å². The van der Waals surface area contributed by atoms with Crippen molar-refractivity contribution in [1.29, 1.82) is 0 Å². The van der Waals surface area contributed by atoms with Gasteiger partial charge in [0.05, 0.1) is 11.1 Å². The molecule has 0 aliphatic carbocycles. The van der Waals surface area contributed by atoms with E-state index in [1.165, 1.54) is 4.52 Å². The van der Waals surface area contributed by atoms with Crippen molar-refractivity contribution in [2.75, 3.05) is 6.61 Å². The van der Waals surface area contributed by atoms with E-state index < -0.39 is 5.56 Å². The van der Waals surface area contributed by atoms with E-state index in [2.05, 4.69) is 26.0 Å². The van der Waals surface area contributed by atoms with Crippen LogP contribution in [-0.4, -0.2) is 21.2 Å². The van der Waals surface area contributed by atoms with Crippen LogP contribution in [0.3, 0.4) is 0 Å². The van der Waals surface area contributed by atoms with Gasteiger partial charge >= 0.3 is 0 Å². The number of hydrogen-bond donors (Lipinski definition) is 0. The summed E-state index contributed by atoms with van der Waals surface area (Å²) in [7, 11) is 0. The maximum absolute atomic E-state index is 12.8. The number of halogens is 1. The van der Waals surface area contributed by atoms with Gasteiger partial charge in [-0.15, -0.1) is 0 Å². The van der Waals surface area contributed by atoms with Gasteiger partial charge < -0.3 is 4.74 Å². The average Bonchev–Trinajstić information content (AvgIpc) is 3.04. The second kappa shape index (κ2) is 8.89. The van der Waals surface area contributed by atoms with Crippen LogP contribution in [0.4, 0.5) is 0 Å². The van der Waals surface area contributed by atoms with Crippen LogP contribution < -0.4 is 20.4 Å². The first kappa shape index (κ1) is 20.4. The van der Waals surface area contributed by atoms with Crippen LogP contribution in [0.2, 0.25) is 0 Å². The van der Waals surface area contributed by atoms with Crippen molar-refractivity contribution in [2.24, 2.45) is 0 Å². The zero-order valence-electron chi connectivity index (χ0n) is 16.2. The number of benzene rings is 2. The largest absolute Gasteiger partial charge is 0.494 e. The van der Waals surface area contributed by atoms with Crippen LogP contribution in [-0.2, 0) is 6.42 Å². The van der Waals surface area contributed by atoms with Gasteiger partial charge in [-0.2, -0.15) is 14.6 Å². The predicted molar refractivity (Wildman–Crippen MR) is 121 cm³/mol. The molecule has 0 aliphatic heterocycles. The monoisotopic (exact) mass is 483 g/mol. The van der Waals surface area contributed by atoms with Crippen LogP contribution in [0.15, 0.2) is 62.6 Å². The number of rotatable bonds is 6. The fourth-order valence-electron chi connectivity index (χ4n) is 2.90. The second-order valence-electron chi connectivity index (χ2n) is 6.66. The fraction of sp³-hybridized carbons (Fsp3) is 0.182. The summed E-state index contributed by atoms with van der Waals surface area (Å²) in [5.74, 6) is 0.783. The van der Waals surface area contributed by atoms with E-state index >= 15 is 0 Å². The highest BCUT2D eigenvalue weighted by molar-refractivity contribution is 9.10. The second-order valence-corrected chi connectivity index (χ2v) is 8.53. The molecule has 2 heterocycles. The van der Waals surface area contributed by atoms with E-state index in [9.17, 15) is 9.59 Å². The third kappa shape index (κ3) is 4.34. The molecule has 4 aromatic rings. The molecule has 0 atom stereocenters. The van der Waals surface area contributed by atoms with Crippen LogP contribution in [0, 0.1) is 0 Å². The highest BCUT2D eigenvalue weighted by atomic mass is 79.9. The minimum absolute atomic E-state index is 0.233. The maximum Gasteiger partial charge on any atom is 0.296 e. The fourth-order valence-corrected chi connectivity index (χ4v) is 4.20. The lowest BCUT2D eigenvalue weighted by atomic mass is 10.1. The van der Waals surface area contributed by atoms with E-state index in [1.54, 1.807) is 6.08 Å². The highest BCUT2D eigenvalue weighted by Crippen LogP contribution is 2.16. The third-order valence-corrected chi connectivity index (χ3v) is 6.09. The molecule has 2 aromatic carbocycles. The molecule has 0 spiro atoms. The van der Waals surface area contributed by atoms with Crippen LogP contribution in [0.5, 0.6) is 5.75 Å². The van der Waals surface area contributed by atoms with Gasteiger partial charge in [-0.05, 0) is 41.8 Å². The summed E-state index contributed by atoms with van der Waals surface area (Å²) in [5.41, 5.74) is 1.29. The quantitative estimate of drug-likeness (QED) is 0.421. The van der Waals surface area contributed by atoms with Gasteiger partial charge in [0.2, 0.25) is 4.96 Å². The normalized spacial score (nSPS) is 11.9. The Hall–Kier alpha value is -2.84.